The van der Waals surface area contributed by atoms with Crippen LogP contribution in [-0.4, -0.2) is 44.9 Å². The molecule has 0 spiro atoms. The summed E-state index contributed by atoms with van der Waals surface area (Å²) >= 11 is 0. The van der Waals surface area contributed by atoms with Crippen molar-refractivity contribution < 1.29 is 28.6 Å². The van der Waals surface area contributed by atoms with E-state index in [1.165, 1.54) is 14.2 Å². The average Bonchev–Trinajstić information content (AvgIpc) is 2.65. The molecule has 0 amide bonds. The molecular formula is C19H27NO6. The molecular weight excluding hydrogens is 338 g/mol. The number of hydrogen-bond acceptors (Lipinski definition) is 7. The van der Waals surface area contributed by atoms with E-state index in [1.807, 2.05) is 38.1 Å². The summed E-state index contributed by atoms with van der Waals surface area (Å²) in [7, 11) is 4.13. The lowest BCUT2D eigenvalue weighted by Crippen LogP contribution is -2.51. The molecule has 7 nitrogen and oxygen atoms in total. The van der Waals surface area contributed by atoms with Gasteiger partial charge >= 0.3 is 11.9 Å². The molecule has 0 radical (unpaired) electrons. The number of carbonyl (C=O) groups is 2. The molecule has 1 N–H and O–H groups in total. The van der Waals surface area contributed by atoms with Crippen molar-refractivity contribution in [2.24, 2.45) is 5.92 Å². The second-order valence-corrected chi connectivity index (χ2v) is 7.00. The highest BCUT2D eigenvalue weighted by Gasteiger charge is 2.41. The molecule has 1 aliphatic heterocycles. The summed E-state index contributed by atoms with van der Waals surface area (Å²) < 4.78 is 14.7. The van der Waals surface area contributed by atoms with Crippen LogP contribution >= 0.6 is 0 Å². The number of hydrogen-bond donors (Lipinski definition) is 1. The molecule has 0 unspecified atom stereocenters. The summed E-state index contributed by atoms with van der Waals surface area (Å²) in [5.41, 5.74) is 3.72. The van der Waals surface area contributed by atoms with E-state index in [9.17, 15) is 9.59 Å². The topological polar surface area (TPSA) is 83.1 Å². The van der Waals surface area contributed by atoms with Gasteiger partial charge in [0.1, 0.15) is 5.75 Å². The normalized spacial score (nSPS) is 21.9. The monoisotopic (exact) mass is 365 g/mol. The van der Waals surface area contributed by atoms with Crippen molar-refractivity contribution in [1.29, 1.82) is 0 Å². The van der Waals surface area contributed by atoms with Gasteiger partial charge in [0.25, 0.3) is 0 Å². The first-order valence-electron chi connectivity index (χ1n) is 8.54. The second kappa shape index (κ2) is 8.51. The van der Waals surface area contributed by atoms with Crippen molar-refractivity contribution in [2.45, 2.75) is 44.2 Å². The summed E-state index contributed by atoms with van der Waals surface area (Å²) in [6.45, 7) is 3.98. The van der Waals surface area contributed by atoms with E-state index < -0.39 is 17.9 Å². The molecule has 144 valence electrons. The Morgan fingerprint density at radius 1 is 1.15 bits per heavy atom. The van der Waals surface area contributed by atoms with E-state index in [0.717, 1.165) is 17.7 Å². The lowest BCUT2D eigenvalue weighted by atomic mass is 9.78. The summed E-state index contributed by atoms with van der Waals surface area (Å²) in [6, 6.07) is 7.52. The van der Waals surface area contributed by atoms with Crippen LogP contribution in [0.4, 0.5) is 0 Å². The van der Waals surface area contributed by atoms with Crippen molar-refractivity contribution >= 4 is 11.9 Å². The minimum atomic E-state index is -1.01. The van der Waals surface area contributed by atoms with Crippen molar-refractivity contribution in [2.75, 3.05) is 21.3 Å². The molecule has 2 rings (SSSR count). The van der Waals surface area contributed by atoms with Gasteiger partial charge in [-0.1, -0.05) is 12.1 Å². The molecule has 0 saturated carbocycles. The summed E-state index contributed by atoms with van der Waals surface area (Å²) in [6.07, 6.45) is 0.943. The zero-order valence-electron chi connectivity index (χ0n) is 15.9. The van der Waals surface area contributed by atoms with E-state index in [2.05, 4.69) is 5.48 Å². The Morgan fingerprint density at radius 2 is 1.73 bits per heavy atom. The zero-order chi connectivity index (χ0) is 19.3. The van der Waals surface area contributed by atoms with E-state index in [4.69, 9.17) is 19.0 Å². The van der Waals surface area contributed by atoms with Gasteiger partial charge in [-0.05, 0) is 44.4 Å². The van der Waals surface area contributed by atoms with E-state index in [0.29, 0.717) is 0 Å². The molecule has 2 atom stereocenters. The van der Waals surface area contributed by atoms with Gasteiger partial charge in [-0.25, -0.2) is 0 Å². The number of esters is 2. The number of rotatable bonds is 6. The molecule has 0 aromatic heterocycles. The highest BCUT2D eigenvalue weighted by atomic mass is 16.7. The largest absolute Gasteiger partial charge is 0.497 e. The third-order valence-electron chi connectivity index (χ3n) is 4.69. The predicted octanol–water partition coefficient (Wildman–Crippen LogP) is 2.20. The van der Waals surface area contributed by atoms with Crippen LogP contribution in [0.1, 0.15) is 38.2 Å². The van der Waals surface area contributed by atoms with Crippen molar-refractivity contribution in [1.82, 2.24) is 5.48 Å². The summed E-state index contributed by atoms with van der Waals surface area (Å²) in [5, 5.41) is 0. The molecule has 0 bridgehead atoms. The van der Waals surface area contributed by atoms with Crippen LogP contribution in [-0.2, 0) is 23.9 Å². The Morgan fingerprint density at radius 3 is 2.23 bits per heavy atom. The molecule has 0 aliphatic carbocycles. The number of ether oxygens (including phenoxy) is 3. The van der Waals surface area contributed by atoms with Crippen LogP contribution in [0.5, 0.6) is 5.75 Å². The third-order valence-corrected chi connectivity index (χ3v) is 4.69. The van der Waals surface area contributed by atoms with Crippen molar-refractivity contribution in [3.05, 3.63) is 29.8 Å². The SMILES string of the molecule is COC(=O)C(C[C@@H]1NOC(C)(C)C[C@H]1c1ccc(OC)cc1)C(=O)OC. The lowest BCUT2D eigenvalue weighted by Gasteiger charge is -2.42. The highest BCUT2D eigenvalue weighted by Crippen LogP contribution is 2.37. The Hall–Kier alpha value is -2.12. The maximum absolute atomic E-state index is 12.0. The van der Waals surface area contributed by atoms with Crippen LogP contribution in [0.2, 0.25) is 0 Å². The van der Waals surface area contributed by atoms with Gasteiger partial charge in [0.15, 0.2) is 5.92 Å². The third kappa shape index (κ3) is 4.74. The standard InChI is InChI=1S/C19H27NO6/c1-19(2)11-15(12-6-8-13(23-3)9-7-12)16(20-26-19)10-14(17(21)24-4)18(22)25-5/h6-9,14-16,20H,10-11H2,1-5H3/t15-,16-/m0/s1. The van der Waals surface area contributed by atoms with Gasteiger partial charge < -0.3 is 14.2 Å². The van der Waals surface area contributed by atoms with Crippen molar-refractivity contribution in [3.8, 4) is 5.75 Å². The molecule has 1 heterocycles. The Kier molecular flexibility index (Phi) is 6.61. The van der Waals surface area contributed by atoms with Gasteiger partial charge in [-0.2, -0.15) is 5.48 Å². The average molecular weight is 365 g/mol. The highest BCUT2D eigenvalue weighted by molar-refractivity contribution is 5.94. The number of nitrogens with one attached hydrogen (secondary N) is 1. The maximum atomic E-state index is 12.0. The summed E-state index contributed by atoms with van der Waals surface area (Å²) in [5.74, 6) is -1.42. The molecule has 1 aliphatic rings. The smallest absolute Gasteiger partial charge is 0.320 e. The molecule has 1 saturated heterocycles. The number of methoxy groups -OCH3 is 3. The van der Waals surface area contributed by atoms with Gasteiger partial charge in [0, 0.05) is 12.0 Å². The molecule has 1 aromatic rings. The van der Waals surface area contributed by atoms with Crippen molar-refractivity contribution in [3.63, 3.8) is 0 Å². The molecule has 26 heavy (non-hydrogen) atoms. The van der Waals surface area contributed by atoms with Crippen LogP contribution in [0.3, 0.4) is 0 Å². The first-order valence-corrected chi connectivity index (χ1v) is 8.54. The molecule has 1 fully saturated rings. The predicted molar refractivity (Wildman–Crippen MR) is 94.6 cm³/mol. The van der Waals surface area contributed by atoms with E-state index >= 15 is 0 Å². The molecule has 7 heteroatoms. The van der Waals surface area contributed by atoms with Crippen LogP contribution in [0.15, 0.2) is 24.3 Å². The van der Waals surface area contributed by atoms with Gasteiger partial charge in [-0.15, -0.1) is 0 Å². The molecule has 1 aromatic carbocycles. The summed E-state index contributed by atoms with van der Waals surface area (Å²) in [4.78, 5) is 29.8. The maximum Gasteiger partial charge on any atom is 0.320 e. The Bertz CT molecular complexity index is 611. The fraction of sp³-hybridized carbons (Fsp3) is 0.579. The number of carbonyl (C=O) groups excluding carboxylic acids is 2. The Labute approximate surface area is 153 Å². The van der Waals surface area contributed by atoms with Crippen LogP contribution in [0, 0.1) is 5.92 Å². The number of benzene rings is 1. The number of hydroxylamine groups is 1. The quantitative estimate of drug-likeness (QED) is 0.611. The zero-order valence-corrected chi connectivity index (χ0v) is 15.9. The van der Waals surface area contributed by atoms with Gasteiger partial charge in [-0.3, -0.25) is 14.4 Å². The van der Waals surface area contributed by atoms with Crippen LogP contribution < -0.4 is 10.2 Å². The van der Waals surface area contributed by atoms with Crippen LogP contribution in [0.25, 0.3) is 0 Å². The second-order valence-electron chi connectivity index (χ2n) is 7.00. The fourth-order valence-corrected chi connectivity index (χ4v) is 3.27. The van der Waals surface area contributed by atoms with E-state index in [1.54, 1.807) is 7.11 Å². The van der Waals surface area contributed by atoms with Gasteiger partial charge in [0.2, 0.25) is 0 Å². The minimum absolute atomic E-state index is 0.0430. The first kappa shape index (κ1) is 20.2. The lowest BCUT2D eigenvalue weighted by molar-refractivity contribution is -0.165. The van der Waals surface area contributed by atoms with E-state index in [-0.39, 0.29) is 24.0 Å². The Balaban J connectivity index is 2.27. The van der Waals surface area contributed by atoms with Gasteiger partial charge in [0.05, 0.1) is 26.9 Å². The first-order chi connectivity index (χ1) is 12.3. The fourth-order valence-electron chi connectivity index (χ4n) is 3.27. The minimum Gasteiger partial charge on any atom is -0.497 e.